The standard InChI is InChI=1S/C18H18Cl2N2O4/c1-11(16(23)22-15-9-6-13(20)10-21-15)25-17(24)18(2,3)26-14-7-4-12(19)5-8-14/h4-11H,1-3H3,(H,21,22,23)/t11-/m1/s1. The van der Waals surface area contributed by atoms with Crippen LogP contribution in [0.5, 0.6) is 5.75 Å². The van der Waals surface area contributed by atoms with Gasteiger partial charge in [0.2, 0.25) is 0 Å². The lowest BCUT2D eigenvalue weighted by Gasteiger charge is -2.26. The first-order chi connectivity index (χ1) is 12.2. The van der Waals surface area contributed by atoms with Crippen molar-refractivity contribution in [3.63, 3.8) is 0 Å². The van der Waals surface area contributed by atoms with E-state index in [1.807, 2.05) is 0 Å². The lowest BCUT2D eigenvalue weighted by Crippen LogP contribution is -2.43. The number of benzene rings is 1. The molecule has 138 valence electrons. The smallest absolute Gasteiger partial charge is 0.350 e. The average molecular weight is 397 g/mol. The number of halogens is 2. The van der Waals surface area contributed by atoms with Crippen LogP contribution >= 0.6 is 23.2 Å². The quantitative estimate of drug-likeness (QED) is 0.743. The maximum absolute atomic E-state index is 12.4. The Hall–Kier alpha value is -2.31. The molecule has 0 unspecified atom stereocenters. The zero-order valence-corrected chi connectivity index (χ0v) is 16.0. The highest BCUT2D eigenvalue weighted by Crippen LogP contribution is 2.22. The Morgan fingerprint density at radius 3 is 2.27 bits per heavy atom. The number of aromatic nitrogens is 1. The van der Waals surface area contributed by atoms with Crippen molar-refractivity contribution >= 4 is 40.9 Å². The Bertz CT molecular complexity index is 777. The van der Waals surface area contributed by atoms with Crippen molar-refractivity contribution in [1.29, 1.82) is 0 Å². The van der Waals surface area contributed by atoms with Gasteiger partial charge in [-0.05, 0) is 57.2 Å². The van der Waals surface area contributed by atoms with Crippen LogP contribution in [0, 0.1) is 0 Å². The number of amides is 1. The number of nitrogens with zero attached hydrogens (tertiary/aromatic N) is 1. The van der Waals surface area contributed by atoms with Crippen molar-refractivity contribution in [2.75, 3.05) is 5.32 Å². The number of carbonyl (C=O) groups excluding carboxylic acids is 2. The summed E-state index contributed by atoms with van der Waals surface area (Å²) in [5, 5.41) is 3.54. The highest BCUT2D eigenvalue weighted by molar-refractivity contribution is 6.30. The van der Waals surface area contributed by atoms with E-state index in [4.69, 9.17) is 32.7 Å². The second kappa shape index (κ2) is 8.38. The van der Waals surface area contributed by atoms with Gasteiger partial charge in [-0.2, -0.15) is 0 Å². The van der Waals surface area contributed by atoms with E-state index in [1.54, 1.807) is 50.2 Å². The van der Waals surface area contributed by atoms with Gasteiger partial charge in [0.05, 0.1) is 5.02 Å². The molecule has 0 aliphatic rings. The number of pyridine rings is 1. The zero-order valence-electron chi connectivity index (χ0n) is 14.5. The highest BCUT2D eigenvalue weighted by atomic mass is 35.5. The van der Waals surface area contributed by atoms with Gasteiger partial charge in [-0.3, -0.25) is 4.79 Å². The Morgan fingerprint density at radius 2 is 1.69 bits per heavy atom. The molecular formula is C18H18Cl2N2O4. The molecule has 1 amide bonds. The monoisotopic (exact) mass is 396 g/mol. The second-order valence-corrected chi connectivity index (χ2v) is 6.84. The Balaban J connectivity index is 1.94. The maximum Gasteiger partial charge on any atom is 0.350 e. The molecule has 0 aliphatic heterocycles. The predicted molar refractivity (Wildman–Crippen MR) is 99.6 cm³/mol. The summed E-state index contributed by atoms with van der Waals surface area (Å²) in [6, 6.07) is 9.70. The molecule has 0 saturated heterocycles. The van der Waals surface area contributed by atoms with E-state index in [0.29, 0.717) is 21.6 Å². The molecule has 8 heteroatoms. The number of nitrogens with one attached hydrogen (secondary N) is 1. The van der Waals surface area contributed by atoms with Gasteiger partial charge in [0.15, 0.2) is 11.7 Å². The van der Waals surface area contributed by atoms with Crippen LogP contribution in [-0.4, -0.2) is 28.6 Å². The van der Waals surface area contributed by atoms with Gasteiger partial charge >= 0.3 is 5.97 Å². The van der Waals surface area contributed by atoms with Gasteiger partial charge in [-0.15, -0.1) is 0 Å². The van der Waals surface area contributed by atoms with Crippen LogP contribution in [0.4, 0.5) is 5.82 Å². The Morgan fingerprint density at radius 1 is 1.08 bits per heavy atom. The molecule has 0 radical (unpaired) electrons. The minimum atomic E-state index is -1.29. The SMILES string of the molecule is C[C@@H](OC(=O)C(C)(C)Oc1ccc(Cl)cc1)C(=O)Nc1ccc(Cl)cn1. The van der Waals surface area contributed by atoms with Gasteiger partial charge in [0, 0.05) is 11.2 Å². The molecular weight excluding hydrogens is 379 g/mol. The first-order valence-electron chi connectivity index (χ1n) is 7.75. The zero-order chi connectivity index (χ0) is 19.3. The first kappa shape index (κ1) is 20.0. The lowest BCUT2D eigenvalue weighted by molar-refractivity contribution is -0.166. The van der Waals surface area contributed by atoms with Crippen LogP contribution in [0.1, 0.15) is 20.8 Å². The second-order valence-electron chi connectivity index (χ2n) is 5.96. The topological polar surface area (TPSA) is 77.5 Å². The van der Waals surface area contributed by atoms with Crippen molar-refractivity contribution in [1.82, 2.24) is 4.98 Å². The van der Waals surface area contributed by atoms with Crippen LogP contribution in [-0.2, 0) is 14.3 Å². The largest absolute Gasteiger partial charge is 0.476 e. The molecule has 0 aliphatic carbocycles. The fraction of sp³-hybridized carbons (Fsp3) is 0.278. The van der Waals surface area contributed by atoms with Crippen molar-refractivity contribution in [3.05, 3.63) is 52.6 Å². The van der Waals surface area contributed by atoms with Gasteiger partial charge in [0.25, 0.3) is 5.91 Å². The summed E-state index contributed by atoms with van der Waals surface area (Å²) in [6.07, 6.45) is 0.366. The van der Waals surface area contributed by atoms with Gasteiger partial charge in [0.1, 0.15) is 11.6 Å². The van der Waals surface area contributed by atoms with Crippen molar-refractivity contribution < 1.29 is 19.1 Å². The van der Waals surface area contributed by atoms with E-state index in [9.17, 15) is 9.59 Å². The van der Waals surface area contributed by atoms with Crippen molar-refractivity contribution in [2.24, 2.45) is 0 Å². The lowest BCUT2D eigenvalue weighted by atomic mass is 10.1. The molecule has 2 aromatic rings. The molecule has 1 aromatic heterocycles. The summed E-state index contributed by atoms with van der Waals surface area (Å²) in [7, 11) is 0. The number of carbonyl (C=O) groups is 2. The van der Waals surface area contributed by atoms with Crippen LogP contribution < -0.4 is 10.1 Å². The molecule has 0 saturated carbocycles. The van der Waals surface area contributed by atoms with E-state index in [1.165, 1.54) is 13.1 Å². The average Bonchev–Trinajstić information content (AvgIpc) is 2.58. The van der Waals surface area contributed by atoms with Crippen LogP contribution in [0.25, 0.3) is 0 Å². The van der Waals surface area contributed by atoms with E-state index in [0.717, 1.165) is 0 Å². The van der Waals surface area contributed by atoms with Crippen LogP contribution in [0.3, 0.4) is 0 Å². The third-order valence-corrected chi connectivity index (χ3v) is 3.79. The first-order valence-corrected chi connectivity index (χ1v) is 8.51. The van der Waals surface area contributed by atoms with E-state index >= 15 is 0 Å². The molecule has 1 atom stereocenters. The Labute approximate surface area is 161 Å². The molecule has 26 heavy (non-hydrogen) atoms. The summed E-state index contributed by atoms with van der Waals surface area (Å²) >= 11 is 11.6. The third kappa shape index (κ3) is 5.61. The molecule has 2 rings (SSSR count). The van der Waals surface area contributed by atoms with Crippen LogP contribution in [0.15, 0.2) is 42.6 Å². The number of anilines is 1. The van der Waals surface area contributed by atoms with E-state index in [2.05, 4.69) is 10.3 Å². The van der Waals surface area contributed by atoms with Gasteiger partial charge < -0.3 is 14.8 Å². The van der Waals surface area contributed by atoms with E-state index < -0.39 is 23.6 Å². The fourth-order valence-corrected chi connectivity index (χ4v) is 2.11. The Kier molecular flexibility index (Phi) is 6.45. The maximum atomic E-state index is 12.4. The van der Waals surface area contributed by atoms with E-state index in [-0.39, 0.29) is 0 Å². The molecule has 0 bridgehead atoms. The number of esters is 1. The summed E-state index contributed by atoms with van der Waals surface area (Å²) in [5.74, 6) is -0.438. The minimum Gasteiger partial charge on any atom is -0.476 e. The molecule has 0 fully saturated rings. The number of hydrogen-bond acceptors (Lipinski definition) is 5. The van der Waals surface area contributed by atoms with Crippen molar-refractivity contribution in [2.45, 2.75) is 32.5 Å². The number of hydrogen-bond donors (Lipinski definition) is 1. The van der Waals surface area contributed by atoms with Crippen LogP contribution in [0.2, 0.25) is 10.0 Å². The predicted octanol–water partition coefficient (Wildman–Crippen LogP) is 4.12. The molecule has 1 N–H and O–H groups in total. The molecule has 6 nitrogen and oxygen atoms in total. The van der Waals surface area contributed by atoms with Crippen molar-refractivity contribution in [3.8, 4) is 5.75 Å². The van der Waals surface area contributed by atoms with Gasteiger partial charge in [-0.1, -0.05) is 23.2 Å². The summed E-state index contributed by atoms with van der Waals surface area (Å²) in [6.45, 7) is 4.56. The molecule has 1 aromatic carbocycles. The summed E-state index contributed by atoms with van der Waals surface area (Å²) in [4.78, 5) is 28.5. The third-order valence-electron chi connectivity index (χ3n) is 3.31. The number of rotatable bonds is 6. The summed E-state index contributed by atoms with van der Waals surface area (Å²) < 4.78 is 10.9. The highest BCUT2D eigenvalue weighted by Gasteiger charge is 2.34. The minimum absolute atomic E-state index is 0.305. The number of ether oxygens (including phenoxy) is 2. The molecule has 0 spiro atoms. The molecule has 1 heterocycles. The fourth-order valence-electron chi connectivity index (χ4n) is 1.87. The normalized spacial score (nSPS) is 12.2. The van der Waals surface area contributed by atoms with Gasteiger partial charge in [-0.25, -0.2) is 9.78 Å². The summed E-state index contributed by atoms with van der Waals surface area (Å²) in [5.41, 5.74) is -1.29.